The average Bonchev–Trinajstić information content (AvgIpc) is 2.97. The van der Waals surface area contributed by atoms with Crippen LogP contribution in [0.2, 0.25) is 0 Å². The Balaban J connectivity index is 1.83. The van der Waals surface area contributed by atoms with Gasteiger partial charge in [-0.2, -0.15) is 0 Å². The van der Waals surface area contributed by atoms with E-state index in [0.717, 1.165) is 44.9 Å². The number of nitro groups is 1. The number of unbranched alkanes of at least 4 members (excludes halogenated alkanes) is 5. The molecule has 0 spiro atoms. The summed E-state index contributed by atoms with van der Waals surface area (Å²) < 4.78 is 0. The number of amides is 2. The number of nitro benzene ring substituents is 1. The molecule has 1 aliphatic heterocycles. The topological polar surface area (TPSA) is 101 Å². The second-order valence-corrected chi connectivity index (χ2v) is 8.98. The summed E-state index contributed by atoms with van der Waals surface area (Å²) in [6.07, 6.45) is 8.80. The highest BCUT2D eigenvalue weighted by Crippen LogP contribution is 2.33. The van der Waals surface area contributed by atoms with E-state index in [1.165, 1.54) is 23.1 Å². The van der Waals surface area contributed by atoms with E-state index in [9.17, 15) is 24.8 Å². The molecule has 1 heterocycles. The molecule has 2 rings (SSSR count). The molecule has 1 aliphatic rings. The standard InChI is InChI=1S/C23H34N2O5/c1-4-17(12-9-7-5-6-8-10-15-23(2,3)16-26)24-21(27)18-13-11-14-19(25(29)30)20(18)22(24)28/h11,13-14,17,26H,4-10,12,15-16H2,1-3H3. The number of fused-ring (bicyclic) bond motifs is 1. The molecule has 7 nitrogen and oxygen atoms in total. The van der Waals surface area contributed by atoms with Crippen molar-refractivity contribution in [3.05, 3.63) is 39.4 Å². The summed E-state index contributed by atoms with van der Waals surface area (Å²) in [5.74, 6) is -0.960. The van der Waals surface area contributed by atoms with Crippen LogP contribution in [-0.2, 0) is 0 Å². The van der Waals surface area contributed by atoms with Gasteiger partial charge < -0.3 is 5.11 Å². The molecule has 0 saturated heterocycles. The van der Waals surface area contributed by atoms with E-state index in [1.807, 2.05) is 6.92 Å². The number of carbonyl (C=O) groups is 2. The number of aliphatic hydroxyl groups excluding tert-OH is 1. The molecule has 2 amide bonds. The first-order valence-corrected chi connectivity index (χ1v) is 11.0. The molecule has 0 saturated carbocycles. The zero-order valence-corrected chi connectivity index (χ0v) is 18.4. The molecule has 166 valence electrons. The fraction of sp³-hybridized carbons (Fsp3) is 0.652. The third kappa shape index (κ3) is 5.65. The van der Waals surface area contributed by atoms with Gasteiger partial charge in [0.15, 0.2) is 0 Å². The summed E-state index contributed by atoms with van der Waals surface area (Å²) in [7, 11) is 0. The highest BCUT2D eigenvalue weighted by Gasteiger charge is 2.43. The summed E-state index contributed by atoms with van der Waals surface area (Å²) in [6.45, 7) is 6.30. The Kier molecular flexibility index (Phi) is 8.53. The van der Waals surface area contributed by atoms with Gasteiger partial charge in [0.2, 0.25) is 0 Å². The van der Waals surface area contributed by atoms with Gasteiger partial charge in [-0.1, -0.05) is 65.4 Å². The van der Waals surface area contributed by atoms with Crippen molar-refractivity contribution in [3.63, 3.8) is 0 Å². The Morgan fingerprint density at radius 2 is 1.70 bits per heavy atom. The lowest BCUT2D eigenvalue weighted by Crippen LogP contribution is -2.39. The van der Waals surface area contributed by atoms with Crippen molar-refractivity contribution in [2.24, 2.45) is 5.41 Å². The Morgan fingerprint density at radius 3 is 2.30 bits per heavy atom. The third-order valence-electron chi connectivity index (χ3n) is 6.03. The van der Waals surface area contributed by atoms with E-state index in [4.69, 9.17) is 0 Å². The number of imide groups is 1. The third-order valence-corrected chi connectivity index (χ3v) is 6.03. The minimum Gasteiger partial charge on any atom is -0.396 e. The van der Waals surface area contributed by atoms with Gasteiger partial charge in [0.1, 0.15) is 5.56 Å². The zero-order valence-electron chi connectivity index (χ0n) is 18.4. The summed E-state index contributed by atoms with van der Waals surface area (Å²) >= 11 is 0. The molecule has 0 aromatic heterocycles. The van der Waals surface area contributed by atoms with Crippen molar-refractivity contribution in [1.29, 1.82) is 0 Å². The van der Waals surface area contributed by atoms with E-state index in [0.29, 0.717) is 12.8 Å². The predicted molar refractivity (Wildman–Crippen MR) is 115 cm³/mol. The zero-order chi connectivity index (χ0) is 22.3. The lowest BCUT2D eigenvalue weighted by Gasteiger charge is -2.25. The largest absolute Gasteiger partial charge is 0.396 e. The van der Waals surface area contributed by atoms with E-state index in [1.54, 1.807) is 0 Å². The van der Waals surface area contributed by atoms with E-state index >= 15 is 0 Å². The first-order chi connectivity index (χ1) is 14.2. The summed E-state index contributed by atoms with van der Waals surface area (Å²) in [6, 6.07) is 3.99. The van der Waals surface area contributed by atoms with Gasteiger partial charge in [-0.25, -0.2) is 0 Å². The molecule has 1 N–H and O–H groups in total. The smallest absolute Gasteiger partial charge is 0.282 e. The van der Waals surface area contributed by atoms with Crippen LogP contribution in [0, 0.1) is 15.5 Å². The molecule has 0 fully saturated rings. The molecule has 30 heavy (non-hydrogen) atoms. The molecular formula is C23H34N2O5. The lowest BCUT2D eigenvalue weighted by molar-refractivity contribution is -0.385. The van der Waals surface area contributed by atoms with Gasteiger partial charge in [0, 0.05) is 18.7 Å². The molecule has 0 bridgehead atoms. The predicted octanol–water partition coefficient (Wildman–Crippen LogP) is 5.11. The van der Waals surface area contributed by atoms with Gasteiger partial charge in [-0.05, 0) is 30.7 Å². The van der Waals surface area contributed by atoms with Crippen LogP contribution in [0.1, 0.15) is 99.3 Å². The first kappa shape index (κ1) is 24.0. The molecule has 1 aromatic carbocycles. The van der Waals surface area contributed by atoms with Crippen LogP contribution in [0.5, 0.6) is 0 Å². The van der Waals surface area contributed by atoms with Gasteiger partial charge in [-0.15, -0.1) is 0 Å². The maximum atomic E-state index is 12.8. The Hall–Kier alpha value is -2.28. The Morgan fingerprint density at radius 1 is 1.07 bits per heavy atom. The fourth-order valence-corrected chi connectivity index (χ4v) is 4.05. The summed E-state index contributed by atoms with van der Waals surface area (Å²) in [4.78, 5) is 37.5. The number of aliphatic hydroxyl groups is 1. The summed E-state index contributed by atoms with van der Waals surface area (Å²) in [5, 5.41) is 20.5. The maximum Gasteiger partial charge on any atom is 0.282 e. The van der Waals surface area contributed by atoms with Crippen LogP contribution in [0.4, 0.5) is 5.69 Å². The molecule has 0 aliphatic carbocycles. The SMILES string of the molecule is CCC(CCCCCCCCC(C)(C)CO)N1C(=O)c2cccc([N+](=O)[O-])c2C1=O. The van der Waals surface area contributed by atoms with Gasteiger partial charge in [0.25, 0.3) is 17.5 Å². The van der Waals surface area contributed by atoms with E-state index in [-0.39, 0.29) is 34.9 Å². The number of hydrogen-bond donors (Lipinski definition) is 1. The van der Waals surface area contributed by atoms with Crippen LogP contribution in [0.3, 0.4) is 0 Å². The molecular weight excluding hydrogens is 384 g/mol. The Bertz CT molecular complexity index is 775. The second-order valence-electron chi connectivity index (χ2n) is 8.98. The van der Waals surface area contributed by atoms with Crippen molar-refractivity contribution in [3.8, 4) is 0 Å². The van der Waals surface area contributed by atoms with Crippen LogP contribution in [0.25, 0.3) is 0 Å². The minimum absolute atomic E-state index is 0.00417. The van der Waals surface area contributed by atoms with Crippen molar-refractivity contribution in [2.75, 3.05) is 6.61 Å². The first-order valence-electron chi connectivity index (χ1n) is 11.0. The van der Waals surface area contributed by atoms with Crippen LogP contribution < -0.4 is 0 Å². The van der Waals surface area contributed by atoms with Gasteiger partial charge in [-0.3, -0.25) is 24.6 Å². The monoisotopic (exact) mass is 418 g/mol. The molecule has 0 radical (unpaired) electrons. The van der Waals surface area contributed by atoms with Gasteiger partial charge >= 0.3 is 0 Å². The number of nitrogens with zero attached hydrogens (tertiary/aromatic N) is 2. The van der Waals surface area contributed by atoms with Crippen molar-refractivity contribution in [1.82, 2.24) is 4.90 Å². The lowest BCUT2D eigenvalue weighted by atomic mass is 9.88. The van der Waals surface area contributed by atoms with Gasteiger partial charge in [0.05, 0.1) is 10.5 Å². The highest BCUT2D eigenvalue weighted by atomic mass is 16.6. The van der Waals surface area contributed by atoms with Crippen molar-refractivity contribution < 1.29 is 19.6 Å². The number of hydrogen-bond acceptors (Lipinski definition) is 5. The molecule has 7 heteroatoms. The normalized spacial score (nSPS) is 14.9. The van der Waals surface area contributed by atoms with Crippen LogP contribution in [-0.4, -0.2) is 39.4 Å². The maximum absolute atomic E-state index is 12.8. The van der Waals surface area contributed by atoms with E-state index < -0.39 is 16.7 Å². The molecule has 1 unspecified atom stereocenters. The quantitative estimate of drug-likeness (QED) is 0.208. The minimum atomic E-state index is -0.601. The highest BCUT2D eigenvalue weighted by molar-refractivity contribution is 6.23. The van der Waals surface area contributed by atoms with E-state index in [2.05, 4.69) is 13.8 Å². The van der Waals surface area contributed by atoms with Crippen molar-refractivity contribution >= 4 is 17.5 Å². The summed E-state index contributed by atoms with van der Waals surface area (Å²) in [5.41, 5.74) is -0.238. The molecule has 1 atom stereocenters. The fourth-order valence-electron chi connectivity index (χ4n) is 4.05. The average molecular weight is 419 g/mol. The molecule has 1 aromatic rings. The Labute approximate surface area is 178 Å². The van der Waals surface area contributed by atoms with Crippen LogP contribution in [0.15, 0.2) is 18.2 Å². The second kappa shape index (κ2) is 10.7. The van der Waals surface area contributed by atoms with Crippen molar-refractivity contribution in [2.45, 2.75) is 84.6 Å². The number of carbonyl (C=O) groups excluding carboxylic acids is 2. The van der Waals surface area contributed by atoms with Crippen LogP contribution >= 0.6 is 0 Å². The number of benzene rings is 1. The number of rotatable bonds is 13.